The Hall–Kier alpha value is -6.10. The number of hydrogen-bond donors (Lipinski definition) is 2. The lowest BCUT2D eigenvalue weighted by atomic mass is 10.0. The van der Waals surface area contributed by atoms with E-state index in [0.717, 1.165) is 31.0 Å². The molecule has 1 heterocycles. The van der Waals surface area contributed by atoms with E-state index in [1.54, 1.807) is 25.7 Å². The van der Waals surface area contributed by atoms with Gasteiger partial charge < -0.3 is 29.7 Å². The molecule has 2 N–H and O–H groups in total. The summed E-state index contributed by atoms with van der Waals surface area (Å²) in [4.78, 5) is 44.1. The number of hydrogen-bond acceptors (Lipinski definition) is 9. The molecule has 276 valence electrons. The van der Waals surface area contributed by atoms with E-state index < -0.39 is 47.4 Å². The summed E-state index contributed by atoms with van der Waals surface area (Å²) in [5, 5.41) is 14.8. The molecule has 0 aliphatic heterocycles. The number of amides is 2. The minimum absolute atomic E-state index is 0.0299. The summed E-state index contributed by atoms with van der Waals surface area (Å²) >= 11 is 0. The van der Waals surface area contributed by atoms with Crippen LogP contribution >= 0.6 is 0 Å². The lowest BCUT2D eigenvalue weighted by molar-refractivity contribution is -0.115. The predicted molar refractivity (Wildman–Crippen MR) is 190 cm³/mol. The smallest absolute Gasteiger partial charge is 0.410 e. The first kappa shape index (κ1) is 38.1. The van der Waals surface area contributed by atoms with Gasteiger partial charge in [0.2, 0.25) is 11.8 Å². The molecule has 2 amide bonds. The van der Waals surface area contributed by atoms with Gasteiger partial charge in [-0.15, -0.1) is 0 Å². The molecular weight excluding hydrogens is 691 g/mol. The monoisotopic (exact) mass is 729 g/mol. The van der Waals surface area contributed by atoms with E-state index in [-0.39, 0.29) is 70.8 Å². The zero-order valence-electron chi connectivity index (χ0n) is 29.6. The number of ether oxygens (including phenoxy) is 3. The second-order valence-electron chi connectivity index (χ2n) is 13.3. The molecule has 11 nitrogen and oxygen atoms in total. The normalized spacial score (nSPS) is 12.3. The van der Waals surface area contributed by atoms with E-state index in [4.69, 9.17) is 19.5 Å². The maximum absolute atomic E-state index is 15.4. The Kier molecular flexibility index (Phi) is 11.9. The van der Waals surface area contributed by atoms with Crippen molar-refractivity contribution in [1.82, 2.24) is 9.88 Å². The van der Waals surface area contributed by atoms with Crippen LogP contribution in [0.1, 0.15) is 60.7 Å². The third-order valence-electron chi connectivity index (χ3n) is 8.04. The Morgan fingerprint density at radius 1 is 0.943 bits per heavy atom. The number of nitriles is 1. The fraction of sp³-hybridized carbons (Fsp3) is 0.308. The van der Waals surface area contributed by atoms with E-state index in [1.807, 2.05) is 6.07 Å². The van der Waals surface area contributed by atoms with Crippen LogP contribution in [-0.2, 0) is 27.3 Å². The molecule has 0 saturated heterocycles. The molecule has 14 heteroatoms. The van der Waals surface area contributed by atoms with Crippen molar-refractivity contribution in [1.29, 1.82) is 5.26 Å². The van der Waals surface area contributed by atoms with Crippen LogP contribution in [0, 0.1) is 28.8 Å². The SMILES string of the molecule is COC(=O)c1ccc(NC(=O)Cc2cc(F)c(-c3cccc(OCc4ccc(C#N)cc4F)n3)cc2F)c(NCCN(C(=O)OC(C)(C)C)C2CC2)c1. The lowest BCUT2D eigenvalue weighted by Crippen LogP contribution is -2.40. The van der Waals surface area contributed by atoms with E-state index >= 15 is 8.78 Å². The summed E-state index contributed by atoms with van der Waals surface area (Å²) in [6, 6.07) is 16.5. The fourth-order valence-corrected chi connectivity index (χ4v) is 5.30. The molecule has 1 aromatic heterocycles. The number of nitrogens with one attached hydrogen (secondary N) is 2. The number of esters is 1. The molecule has 4 aromatic rings. The first-order chi connectivity index (χ1) is 25.2. The number of carbonyl (C=O) groups is 3. The minimum Gasteiger partial charge on any atom is -0.473 e. The summed E-state index contributed by atoms with van der Waals surface area (Å²) < 4.78 is 61.0. The number of carbonyl (C=O) groups excluding carboxylic acids is 3. The standard InChI is InChI=1S/C39H38F3N5O6/c1-39(2,3)53-38(50)47(27-11-12-27)15-14-44-34-18-24(37(49)51-4)10-13-33(34)45-35(48)19-26-17-31(42)28(20-30(26)41)32-6-5-7-36(46-32)52-22-25-9-8-23(21-43)16-29(25)40/h5-10,13,16-18,20,27,44H,11-12,14-15,19,22H2,1-4H3,(H,45,48). The third kappa shape index (κ3) is 10.2. The lowest BCUT2D eigenvalue weighted by Gasteiger charge is -2.27. The van der Waals surface area contributed by atoms with Crippen LogP contribution < -0.4 is 15.4 Å². The molecule has 1 fully saturated rings. The van der Waals surface area contributed by atoms with Crippen LogP contribution in [0.5, 0.6) is 5.88 Å². The Morgan fingerprint density at radius 2 is 1.70 bits per heavy atom. The second kappa shape index (κ2) is 16.5. The maximum Gasteiger partial charge on any atom is 0.410 e. The highest BCUT2D eigenvalue weighted by Gasteiger charge is 2.35. The van der Waals surface area contributed by atoms with Crippen molar-refractivity contribution in [3.8, 4) is 23.2 Å². The van der Waals surface area contributed by atoms with Crippen LogP contribution in [0.25, 0.3) is 11.3 Å². The number of rotatable bonds is 13. The molecule has 0 atom stereocenters. The first-order valence-corrected chi connectivity index (χ1v) is 16.8. The van der Waals surface area contributed by atoms with Crippen molar-refractivity contribution >= 4 is 29.3 Å². The highest BCUT2D eigenvalue weighted by Crippen LogP contribution is 2.30. The van der Waals surface area contributed by atoms with Gasteiger partial charge in [0, 0.05) is 41.9 Å². The number of benzene rings is 3. The van der Waals surface area contributed by atoms with Crippen LogP contribution in [0.2, 0.25) is 0 Å². The summed E-state index contributed by atoms with van der Waals surface area (Å²) in [5.74, 6) is -3.57. The molecule has 0 spiro atoms. The molecule has 0 unspecified atom stereocenters. The van der Waals surface area contributed by atoms with Gasteiger partial charge in [0.05, 0.1) is 47.8 Å². The highest BCUT2D eigenvalue weighted by molar-refractivity contribution is 5.98. The zero-order chi connectivity index (χ0) is 38.3. The molecule has 5 rings (SSSR count). The Morgan fingerprint density at radius 3 is 2.38 bits per heavy atom. The third-order valence-corrected chi connectivity index (χ3v) is 8.04. The highest BCUT2D eigenvalue weighted by atomic mass is 19.1. The number of aromatic nitrogens is 1. The van der Waals surface area contributed by atoms with Gasteiger partial charge in [-0.3, -0.25) is 4.79 Å². The van der Waals surface area contributed by atoms with Gasteiger partial charge in [0.25, 0.3) is 0 Å². The van der Waals surface area contributed by atoms with E-state index in [2.05, 4.69) is 15.6 Å². The number of pyridine rings is 1. The van der Waals surface area contributed by atoms with E-state index in [0.29, 0.717) is 5.69 Å². The molecule has 53 heavy (non-hydrogen) atoms. The van der Waals surface area contributed by atoms with Crippen molar-refractivity contribution < 1.29 is 41.8 Å². The van der Waals surface area contributed by atoms with Crippen molar-refractivity contribution in [3.63, 3.8) is 0 Å². The van der Waals surface area contributed by atoms with Gasteiger partial charge >= 0.3 is 12.1 Å². The fourth-order valence-electron chi connectivity index (χ4n) is 5.30. The maximum atomic E-state index is 15.4. The Labute approximate surface area is 304 Å². The van der Waals surface area contributed by atoms with Gasteiger partial charge in [-0.2, -0.15) is 5.26 Å². The van der Waals surface area contributed by atoms with Crippen LogP contribution in [0.4, 0.5) is 29.3 Å². The minimum atomic E-state index is -0.856. The molecule has 0 bridgehead atoms. The number of methoxy groups -OCH3 is 1. The molecule has 1 aliphatic carbocycles. The largest absolute Gasteiger partial charge is 0.473 e. The van der Waals surface area contributed by atoms with Crippen molar-refractivity contribution in [2.45, 2.75) is 58.3 Å². The number of anilines is 2. The van der Waals surface area contributed by atoms with Gasteiger partial charge in [0.1, 0.15) is 29.7 Å². The van der Waals surface area contributed by atoms with E-state index in [9.17, 15) is 18.8 Å². The van der Waals surface area contributed by atoms with Gasteiger partial charge in [-0.25, -0.2) is 27.7 Å². The number of halogens is 3. The van der Waals surface area contributed by atoms with E-state index in [1.165, 1.54) is 55.6 Å². The molecule has 1 saturated carbocycles. The number of nitrogens with zero attached hydrogens (tertiary/aromatic N) is 3. The summed E-state index contributed by atoms with van der Waals surface area (Å²) in [6.07, 6.45) is 0.753. The second-order valence-corrected chi connectivity index (χ2v) is 13.3. The van der Waals surface area contributed by atoms with Gasteiger partial charge in [-0.1, -0.05) is 12.1 Å². The summed E-state index contributed by atoms with van der Waals surface area (Å²) in [6.45, 7) is 5.68. The van der Waals surface area contributed by atoms with Crippen molar-refractivity contribution in [2.75, 3.05) is 30.8 Å². The van der Waals surface area contributed by atoms with Crippen molar-refractivity contribution in [3.05, 3.63) is 106 Å². The van der Waals surface area contributed by atoms with Gasteiger partial charge in [0.15, 0.2) is 0 Å². The summed E-state index contributed by atoms with van der Waals surface area (Å²) in [7, 11) is 1.24. The Bertz CT molecular complexity index is 2060. The molecular formula is C39H38F3N5O6. The van der Waals surface area contributed by atoms with Crippen LogP contribution in [-0.4, -0.2) is 59.7 Å². The zero-order valence-corrected chi connectivity index (χ0v) is 29.6. The first-order valence-electron chi connectivity index (χ1n) is 16.8. The Balaban J connectivity index is 1.26. The molecule has 1 aliphatic rings. The van der Waals surface area contributed by atoms with Crippen LogP contribution in [0.3, 0.4) is 0 Å². The average Bonchev–Trinajstić information content (AvgIpc) is 3.96. The molecule has 0 radical (unpaired) electrons. The molecule has 3 aromatic carbocycles. The van der Waals surface area contributed by atoms with Gasteiger partial charge in [-0.05, 0) is 82.1 Å². The average molecular weight is 730 g/mol. The van der Waals surface area contributed by atoms with Crippen molar-refractivity contribution in [2.24, 2.45) is 0 Å². The summed E-state index contributed by atoms with van der Waals surface area (Å²) in [5.41, 5.74) is 0.123. The predicted octanol–water partition coefficient (Wildman–Crippen LogP) is 7.40. The topological polar surface area (TPSA) is 143 Å². The van der Waals surface area contributed by atoms with Crippen LogP contribution in [0.15, 0.2) is 66.7 Å². The quantitative estimate of drug-likeness (QED) is 0.135.